The van der Waals surface area contributed by atoms with Crippen LogP contribution in [0, 0.1) is 0 Å². The third-order valence-corrected chi connectivity index (χ3v) is 3.75. The number of nitrogens with zero attached hydrogens (tertiary/aromatic N) is 5. The summed E-state index contributed by atoms with van der Waals surface area (Å²) in [6.45, 7) is 4.77. The molecule has 0 aliphatic carbocycles. The number of fused-ring (bicyclic) bond motifs is 1. The monoisotopic (exact) mass is 457 g/mol. The fourth-order valence-corrected chi connectivity index (χ4v) is 2.62. The molecule has 1 atom stereocenters. The van der Waals surface area contributed by atoms with Gasteiger partial charge in [0.25, 0.3) is 0 Å². The largest absolute Gasteiger partial charge is 0.490 e. The highest BCUT2D eigenvalue weighted by Gasteiger charge is 2.20. The molecule has 1 aliphatic rings. The van der Waals surface area contributed by atoms with Crippen LogP contribution in [0.3, 0.4) is 0 Å². The number of guanidine groups is 1. The fourth-order valence-electron chi connectivity index (χ4n) is 2.62. The molecule has 2 aromatic heterocycles. The summed E-state index contributed by atoms with van der Waals surface area (Å²) in [7, 11) is 0. The van der Waals surface area contributed by atoms with Gasteiger partial charge in [0.1, 0.15) is 24.5 Å². The molecule has 0 spiro atoms. The van der Waals surface area contributed by atoms with Crippen LogP contribution in [0.4, 0.5) is 0 Å². The van der Waals surface area contributed by atoms with Gasteiger partial charge < -0.3 is 15.4 Å². The van der Waals surface area contributed by atoms with Crippen molar-refractivity contribution >= 4 is 29.9 Å². The minimum Gasteiger partial charge on any atom is -0.490 e. The molecule has 8 nitrogen and oxygen atoms in total. The van der Waals surface area contributed by atoms with Crippen molar-refractivity contribution in [3.05, 3.63) is 36.7 Å². The molecule has 136 valence electrons. The van der Waals surface area contributed by atoms with Gasteiger partial charge in [0.2, 0.25) is 0 Å². The van der Waals surface area contributed by atoms with E-state index in [9.17, 15) is 0 Å². The Morgan fingerprint density at radius 2 is 2.40 bits per heavy atom. The highest BCUT2D eigenvalue weighted by molar-refractivity contribution is 14.0. The van der Waals surface area contributed by atoms with Gasteiger partial charge in [-0.15, -0.1) is 24.0 Å². The fraction of sp³-hybridized carbons (Fsp3) is 0.500. The maximum Gasteiger partial charge on any atom is 0.191 e. The summed E-state index contributed by atoms with van der Waals surface area (Å²) in [5.74, 6) is 2.62. The molecule has 0 saturated carbocycles. The second kappa shape index (κ2) is 10.2. The van der Waals surface area contributed by atoms with Crippen LogP contribution >= 0.6 is 24.0 Å². The molecule has 25 heavy (non-hydrogen) atoms. The van der Waals surface area contributed by atoms with Gasteiger partial charge in [-0.3, -0.25) is 4.98 Å². The highest BCUT2D eigenvalue weighted by Crippen LogP contribution is 2.11. The van der Waals surface area contributed by atoms with E-state index in [1.165, 1.54) is 0 Å². The zero-order valence-electron chi connectivity index (χ0n) is 14.3. The molecule has 2 N–H and O–H groups in total. The topological polar surface area (TPSA) is 89.2 Å². The first-order chi connectivity index (χ1) is 11.8. The van der Waals surface area contributed by atoms with Gasteiger partial charge in [-0.2, -0.15) is 5.10 Å². The first kappa shape index (κ1) is 19.4. The van der Waals surface area contributed by atoms with Crippen LogP contribution in [-0.2, 0) is 13.0 Å². The zero-order valence-corrected chi connectivity index (χ0v) is 16.6. The lowest BCUT2D eigenvalue weighted by Gasteiger charge is -2.25. The van der Waals surface area contributed by atoms with Gasteiger partial charge in [0.15, 0.2) is 5.96 Å². The van der Waals surface area contributed by atoms with Gasteiger partial charge in [-0.05, 0) is 25.5 Å². The van der Waals surface area contributed by atoms with Crippen LogP contribution in [0.25, 0.3) is 0 Å². The summed E-state index contributed by atoms with van der Waals surface area (Å²) in [6.07, 6.45) is 7.00. The van der Waals surface area contributed by atoms with Gasteiger partial charge in [0.05, 0.1) is 19.3 Å². The number of aromatic nitrogens is 4. The predicted molar refractivity (Wildman–Crippen MR) is 106 cm³/mol. The number of aryl methyl sites for hydroxylation is 1. The molecule has 0 amide bonds. The van der Waals surface area contributed by atoms with Crippen molar-refractivity contribution < 1.29 is 4.74 Å². The number of pyridine rings is 1. The average Bonchev–Trinajstić information content (AvgIpc) is 3.07. The maximum atomic E-state index is 5.61. The Labute approximate surface area is 164 Å². The molecule has 0 radical (unpaired) electrons. The average molecular weight is 457 g/mol. The minimum atomic E-state index is 0. The van der Waals surface area contributed by atoms with E-state index >= 15 is 0 Å². The number of hydrogen-bond donors (Lipinski definition) is 2. The second-order valence-corrected chi connectivity index (χ2v) is 5.54. The number of ether oxygens (including phenoxy) is 1. The molecular formula is C16H24IN7O. The molecule has 9 heteroatoms. The molecule has 0 aromatic carbocycles. The first-order valence-electron chi connectivity index (χ1n) is 8.29. The Bertz CT molecular complexity index is 662. The van der Waals surface area contributed by atoms with Gasteiger partial charge in [0, 0.05) is 25.2 Å². The number of rotatable bonds is 6. The van der Waals surface area contributed by atoms with Crippen molar-refractivity contribution in [2.45, 2.75) is 32.4 Å². The smallest absolute Gasteiger partial charge is 0.191 e. The van der Waals surface area contributed by atoms with Gasteiger partial charge in [-0.25, -0.2) is 14.7 Å². The van der Waals surface area contributed by atoms with Crippen molar-refractivity contribution in [1.82, 2.24) is 30.4 Å². The predicted octanol–water partition coefficient (Wildman–Crippen LogP) is 1.24. The summed E-state index contributed by atoms with van der Waals surface area (Å²) >= 11 is 0. The van der Waals surface area contributed by atoms with Crippen LogP contribution in [0.5, 0.6) is 5.75 Å². The molecule has 1 unspecified atom stereocenters. The number of nitrogens with one attached hydrogen (secondary N) is 2. The van der Waals surface area contributed by atoms with E-state index in [0.717, 1.165) is 43.5 Å². The van der Waals surface area contributed by atoms with E-state index in [-0.39, 0.29) is 24.0 Å². The van der Waals surface area contributed by atoms with Crippen LogP contribution in [0.1, 0.15) is 19.2 Å². The lowest BCUT2D eigenvalue weighted by Crippen LogP contribution is -2.47. The Morgan fingerprint density at radius 1 is 1.48 bits per heavy atom. The molecule has 0 fully saturated rings. The van der Waals surface area contributed by atoms with Crippen molar-refractivity contribution in [3.63, 3.8) is 0 Å². The lowest BCUT2D eigenvalue weighted by atomic mass is 10.1. The van der Waals surface area contributed by atoms with Crippen molar-refractivity contribution in [3.8, 4) is 5.75 Å². The summed E-state index contributed by atoms with van der Waals surface area (Å²) in [6, 6.07) is 4.04. The molecule has 0 saturated heterocycles. The van der Waals surface area contributed by atoms with E-state index in [1.54, 1.807) is 18.7 Å². The number of hydrogen-bond acceptors (Lipinski definition) is 5. The molecule has 0 bridgehead atoms. The summed E-state index contributed by atoms with van der Waals surface area (Å²) in [5, 5.41) is 11.0. The van der Waals surface area contributed by atoms with E-state index in [4.69, 9.17) is 4.74 Å². The van der Waals surface area contributed by atoms with E-state index in [0.29, 0.717) is 19.2 Å². The Kier molecular flexibility index (Phi) is 7.89. The lowest BCUT2D eigenvalue weighted by molar-refractivity contribution is 0.326. The Morgan fingerprint density at radius 3 is 3.20 bits per heavy atom. The van der Waals surface area contributed by atoms with Crippen molar-refractivity contribution in [2.24, 2.45) is 4.99 Å². The quantitative estimate of drug-likeness (QED) is 0.294. The van der Waals surface area contributed by atoms with Crippen LogP contribution < -0.4 is 15.4 Å². The highest BCUT2D eigenvalue weighted by atomic mass is 127. The van der Waals surface area contributed by atoms with Gasteiger partial charge in [-0.1, -0.05) is 0 Å². The molecule has 3 rings (SSSR count). The first-order valence-corrected chi connectivity index (χ1v) is 8.29. The number of halogens is 1. The van der Waals surface area contributed by atoms with Gasteiger partial charge >= 0.3 is 0 Å². The van der Waals surface area contributed by atoms with Crippen LogP contribution in [-0.4, -0.2) is 51.4 Å². The normalized spacial score (nSPS) is 16.5. The SMILES string of the molecule is CCNC(=NCCOc1cccnc1)NC1CCc2ncnn2C1.I. The summed E-state index contributed by atoms with van der Waals surface area (Å²) in [4.78, 5) is 12.8. The minimum absolute atomic E-state index is 0. The molecular weight excluding hydrogens is 433 g/mol. The van der Waals surface area contributed by atoms with E-state index in [1.807, 2.05) is 16.8 Å². The maximum absolute atomic E-state index is 5.61. The third-order valence-electron chi connectivity index (χ3n) is 3.75. The second-order valence-electron chi connectivity index (χ2n) is 5.54. The van der Waals surface area contributed by atoms with Crippen LogP contribution in [0.2, 0.25) is 0 Å². The summed E-state index contributed by atoms with van der Waals surface area (Å²) < 4.78 is 7.57. The van der Waals surface area contributed by atoms with E-state index in [2.05, 4.69) is 37.6 Å². The third kappa shape index (κ3) is 5.83. The molecule has 2 aromatic rings. The summed E-state index contributed by atoms with van der Waals surface area (Å²) in [5.41, 5.74) is 0. The zero-order chi connectivity index (χ0) is 16.6. The Balaban J connectivity index is 0.00000225. The van der Waals surface area contributed by atoms with E-state index < -0.39 is 0 Å². The molecule has 3 heterocycles. The van der Waals surface area contributed by atoms with Crippen molar-refractivity contribution in [1.29, 1.82) is 0 Å². The number of aliphatic imine (C=N–C) groups is 1. The Hall–Kier alpha value is -1.91. The standard InChI is InChI=1S/C16H23N7O.HI/c1-2-18-16(19-8-9-24-14-4-3-7-17-10-14)22-13-5-6-15-20-12-21-23(15)11-13;/h3-4,7,10,12-13H,2,5-6,8-9,11H2,1H3,(H2,18,19,22);1H. The van der Waals surface area contributed by atoms with Crippen molar-refractivity contribution in [2.75, 3.05) is 19.7 Å². The van der Waals surface area contributed by atoms with Crippen LogP contribution in [0.15, 0.2) is 35.8 Å². The molecule has 1 aliphatic heterocycles.